The molecule has 4 rings (SSSR count). The molecule has 7 nitrogen and oxygen atoms in total. The van der Waals surface area contributed by atoms with Gasteiger partial charge in [0.2, 0.25) is 0 Å². The van der Waals surface area contributed by atoms with Gasteiger partial charge in [0.25, 0.3) is 5.91 Å². The molecule has 0 aliphatic heterocycles. The number of carbonyl (C=O) groups excluding carboxylic acids is 1. The molecular weight excluding hydrogens is 459 g/mol. The summed E-state index contributed by atoms with van der Waals surface area (Å²) in [6, 6.07) is 20.5. The maximum absolute atomic E-state index is 13.2. The van der Waals surface area contributed by atoms with Crippen LogP contribution in [0.1, 0.15) is 29.8 Å². The van der Waals surface area contributed by atoms with Crippen LogP contribution in [0.5, 0.6) is 11.5 Å². The first kappa shape index (κ1) is 24.7. The van der Waals surface area contributed by atoms with Crippen LogP contribution in [-0.2, 0) is 6.54 Å². The van der Waals surface area contributed by atoms with Gasteiger partial charge >= 0.3 is 0 Å². The molecule has 1 amide bonds. The van der Waals surface area contributed by atoms with E-state index < -0.39 is 0 Å². The largest absolute Gasteiger partial charge is 0.490 e. The van der Waals surface area contributed by atoms with Gasteiger partial charge in [-0.25, -0.2) is 14.4 Å². The minimum absolute atomic E-state index is 0.208. The van der Waals surface area contributed by atoms with Crippen LogP contribution in [-0.4, -0.2) is 29.1 Å². The predicted octanol–water partition coefficient (Wildman–Crippen LogP) is 5.75. The second-order valence-corrected chi connectivity index (χ2v) is 7.81. The summed E-state index contributed by atoms with van der Waals surface area (Å²) in [6.07, 6.45) is 1.62. The number of benzene rings is 3. The lowest BCUT2D eigenvalue weighted by Crippen LogP contribution is -2.22. The van der Waals surface area contributed by atoms with E-state index in [9.17, 15) is 9.18 Å². The monoisotopic (exact) mass is 486 g/mol. The van der Waals surface area contributed by atoms with Crippen molar-refractivity contribution in [3.8, 4) is 22.9 Å². The molecule has 0 aliphatic carbocycles. The molecule has 36 heavy (non-hydrogen) atoms. The van der Waals surface area contributed by atoms with Gasteiger partial charge in [-0.05, 0) is 80.1 Å². The average molecular weight is 487 g/mol. The molecule has 0 bridgehead atoms. The quantitative estimate of drug-likeness (QED) is 0.297. The number of aromatic nitrogens is 2. The van der Waals surface area contributed by atoms with E-state index in [-0.39, 0.29) is 11.7 Å². The van der Waals surface area contributed by atoms with Crippen molar-refractivity contribution in [2.75, 3.05) is 18.5 Å². The van der Waals surface area contributed by atoms with Crippen LogP contribution in [0.25, 0.3) is 11.4 Å². The number of hydrogen-bond acceptors (Lipinski definition) is 6. The Morgan fingerprint density at radius 2 is 1.69 bits per heavy atom. The smallest absolute Gasteiger partial charge is 0.251 e. The molecule has 2 N–H and O–H groups in total. The van der Waals surface area contributed by atoms with Gasteiger partial charge in [-0.3, -0.25) is 4.79 Å². The summed E-state index contributed by atoms with van der Waals surface area (Å²) in [5.41, 5.74) is 2.81. The summed E-state index contributed by atoms with van der Waals surface area (Å²) in [5.74, 6) is 1.83. The lowest BCUT2D eigenvalue weighted by molar-refractivity contribution is 0.0951. The summed E-state index contributed by atoms with van der Waals surface area (Å²) < 4.78 is 24.5. The van der Waals surface area contributed by atoms with Gasteiger partial charge in [0.05, 0.1) is 13.2 Å². The fraction of sp³-hybridized carbons (Fsp3) is 0.179. The minimum Gasteiger partial charge on any atom is -0.490 e. The first-order valence-corrected chi connectivity index (χ1v) is 11.7. The Kier molecular flexibility index (Phi) is 8.08. The lowest BCUT2D eigenvalue weighted by atomic mass is 10.1. The highest BCUT2D eigenvalue weighted by Crippen LogP contribution is 2.28. The molecule has 3 aromatic carbocycles. The van der Waals surface area contributed by atoms with Crippen molar-refractivity contribution in [1.82, 2.24) is 15.3 Å². The zero-order chi connectivity index (χ0) is 25.3. The van der Waals surface area contributed by atoms with Crippen LogP contribution in [0.4, 0.5) is 15.9 Å². The first-order valence-electron chi connectivity index (χ1n) is 11.7. The number of carbonyl (C=O) groups is 1. The number of anilines is 2. The molecule has 8 heteroatoms. The first-order chi connectivity index (χ1) is 17.6. The highest BCUT2D eigenvalue weighted by atomic mass is 19.1. The molecule has 184 valence electrons. The SMILES string of the molecule is CCOc1ccc(CNC(=O)c2cccc(Nc3ccnc(-c4ccc(F)cc4)n3)c2)cc1OCC. The Hall–Kier alpha value is -4.46. The Balaban J connectivity index is 1.42. The fourth-order valence-corrected chi connectivity index (χ4v) is 3.54. The topological polar surface area (TPSA) is 85.4 Å². The number of nitrogens with zero attached hydrogens (tertiary/aromatic N) is 2. The maximum atomic E-state index is 13.2. The molecule has 4 aromatic rings. The van der Waals surface area contributed by atoms with E-state index in [1.165, 1.54) is 12.1 Å². The molecule has 0 aliphatic rings. The van der Waals surface area contributed by atoms with Crippen molar-refractivity contribution in [2.24, 2.45) is 0 Å². The van der Waals surface area contributed by atoms with Gasteiger partial charge in [0.15, 0.2) is 17.3 Å². The molecule has 0 unspecified atom stereocenters. The van der Waals surface area contributed by atoms with E-state index in [2.05, 4.69) is 20.6 Å². The number of halogens is 1. The Bertz CT molecular complexity index is 1330. The molecule has 0 saturated heterocycles. The molecule has 1 aromatic heterocycles. The number of nitrogens with one attached hydrogen (secondary N) is 2. The Labute approximate surface area is 209 Å². The summed E-state index contributed by atoms with van der Waals surface area (Å²) in [4.78, 5) is 21.6. The van der Waals surface area contributed by atoms with Gasteiger partial charge in [-0.15, -0.1) is 0 Å². The van der Waals surface area contributed by atoms with Gasteiger partial charge in [-0.2, -0.15) is 0 Å². The highest BCUT2D eigenvalue weighted by molar-refractivity contribution is 5.95. The number of rotatable bonds is 10. The molecule has 1 heterocycles. The zero-order valence-electron chi connectivity index (χ0n) is 20.1. The molecule has 0 saturated carbocycles. The molecule has 0 radical (unpaired) electrons. The van der Waals surface area contributed by atoms with Gasteiger partial charge in [0, 0.05) is 29.6 Å². The predicted molar refractivity (Wildman–Crippen MR) is 137 cm³/mol. The van der Waals surface area contributed by atoms with Crippen molar-refractivity contribution in [3.63, 3.8) is 0 Å². The van der Waals surface area contributed by atoms with Crippen molar-refractivity contribution >= 4 is 17.4 Å². The van der Waals surface area contributed by atoms with Crippen LogP contribution >= 0.6 is 0 Å². The summed E-state index contributed by atoms with van der Waals surface area (Å²) in [6.45, 7) is 5.24. The summed E-state index contributed by atoms with van der Waals surface area (Å²) in [5, 5.41) is 6.14. The third-order valence-electron chi connectivity index (χ3n) is 5.22. The summed E-state index contributed by atoms with van der Waals surface area (Å²) in [7, 11) is 0. The lowest BCUT2D eigenvalue weighted by Gasteiger charge is -2.13. The van der Waals surface area contributed by atoms with Gasteiger partial charge in [0.1, 0.15) is 11.6 Å². The van der Waals surface area contributed by atoms with Crippen LogP contribution < -0.4 is 20.1 Å². The van der Waals surface area contributed by atoms with E-state index in [0.717, 1.165) is 5.56 Å². The Morgan fingerprint density at radius 1 is 0.917 bits per heavy atom. The van der Waals surface area contributed by atoms with Crippen LogP contribution in [0.15, 0.2) is 79.0 Å². The molecule has 0 spiro atoms. The third-order valence-corrected chi connectivity index (χ3v) is 5.22. The van der Waals surface area contributed by atoms with Crippen LogP contribution in [0.2, 0.25) is 0 Å². The number of hydrogen-bond donors (Lipinski definition) is 2. The second kappa shape index (κ2) is 11.8. The van der Waals surface area contributed by atoms with Gasteiger partial charge < -0.3 is 20.1 Å². The van der Waals surface area contributed by atoms with E-state index in [4.69, 9.17) is 9.47 Å². The van der Waals surface area contributed by atoms with E-state index in [0.29, 0.717) is 59.7 Å². The van der Waals surface area contributed by atoms with Crippen molar-refractivity contribution in [2.45, 2.75) is 20.4 Å². The fourth-order valence-electron chi connectivity index (χ4n) is 3.54. The number of amides is 1. The normalized spacial score (nSPS) is 10.5. The number of ether oxygens (including phenoxy) is 2. The second-order valence-electron chi connectivity index (χ2n) is 7.81. The molecular formula is C28H27FN4O3. The average Bonchev–Trinajstić information content (AvgIpc) is 2.89. The van der Waals surface area contributed by atoms with E-state index in [1.54, 1.807) is 42.6 Å². The van der Waals surface area contributed by atoms with Crippen molar-refractivity contribution in [1.29, 1.82) is 0 Å². The Morgan fingerprint density at radius 3 is 2.47 bits per heavy atom. The minimum atomic E-state index is -0.319. The standard InChI is InChI=1S/C28H27FN4O3/c1-3-35-24-13-8-19(16-25(24)36-4-2)18-31-28(34)21-6-5-7-23(17-21)32-26-14-15-30-27(33-26)20-9-11-22(29)12-10-20/h5-17H,3-4,18H2,1-2H3,(H,31,34)(H,30,32,33). The van der Waals surface area contributed by atoms with Gasteiger partial charge in [-0.1, -0.05) is 12.1 Å². The van der Waals surface area contributed by atoms with Crippen molar-refractivity contribution in [3.05, 3.63) is 95.9 Å². The highest BCUT2D eigenvalue weighted by Gasteiger charge is 2.10. The molecule has 0 atom stereocenters. The third kappa shape index (κ3) is 6.35. The van der Waals surface area contributed by atoms with Crippen molar-refractivity contribution < 1.29 is 18.7 Å². The van der Waals surface area contributed by atoms with E-state index in [1.807, 2.05) is 38.1 Å². The summed E-state index contributed by atoms with van der Waals surface area (Å²) >= 11 is 0. The zero-order valence-corrected chi connectivity index (χ0v) is 20.1. The van der Waals surface area contributed by atoms with Crippen LogP contribution in [0.3, 0.4) is 0 Å². The van der Waals surface area contributed by atoms with E-state index >= 15 is 0 Å². The maximum Gasteiger partial charge on any atom is 0.251 e. The van der Waals surface area contributed by atoms with Crippen LogP contribution in [0, 0.1) is 5.82 Å². The molecule has 0 fully saturated rings.